The van der Waals surface area contributed by atoms with E-state index in [4.69, 9.17) is 15.0 Å². The van der Waals surface area contributed by atoms with Gasteiger partial charge in [0.25, 0.3) is 0 Å². The molecule has 0 radical (unpaired) electrons. The van der Waals surface area contributed by atoms with Gasteiger partial charge in [0, 0.05) is 16.7 Å². The maximum absolute atomic E-state index is 5.07. The summed E-state index contributed by atoms with van der Waals surface area (Å²) in [4.78, 5) is 15.1. The van der Waals surface area contributed by atoms with Gasteiger partial charge >= 0.3 is 0 Å². The molecule has 3 nitrogen and oxygen atoms in total. The van der Waals surface area contributed by atoms with Crippen LogP contribution in [0.25, 0.3) is 99.9 Å². The summed E-state index contributed by atoms with van der Waals surface area (Å²) < 4.78 is 0. The molecule has 252 valence electrons. The minimum Gasteiger partial charge on any atom is -0.208 e. The summed E-state index contributed by atoms with van der Waals surface area (Å²) in [6.45, 7) is 0. The smallest absolute Gasteiger partial charge is 0.164 e. The van der Waals surface area contributed by atoms with Crippen molar-refractivity contribution in [2.45, 2.75) is 0 Å². The Bertz CT molecular complexity index is 2970. The Labute approximate surface area is 313 Å². The molecule has 1 heterocycles. The van der Waals surface area contributed by atoms with Crippen LogP contribution in [0.4, 0.5) is 0 Å². The Morgan fingerprint density at radius 1 is 0.222 bits per heavy atom. The average molecular weight is 688 g/mol. The first-order valence-corrected chi connectivity index (χ1v) is 18.3. The van der Waals surface area contributed by atoms with Crippen LogP contribution >= 0.6 is 0 Å². The van der Waals surface area contributed by atoms with Gasteiger partial charge in [0.1, 0.15) is 0 Å². The van der Waals surface area contributed by atoms with Crippen molar-refractivity contribution in [2.24, 2.45) is 0 Å². The lowest BCUT2D eigenvalue weighted by atomic mass is 9.94. The molecule has 10 rings (SSSR count). The molecule has 0 aliphatic rings. The Balaban J connectivity index is 1.01. The molecule has 9 aromatic carbocycles. The van der Waals surface area contributed by atoms with E-state index in [1.54, 1.807) is 0 Å². The maximum atomic E-state index is 5.07. The quantitative estimate of drug-likeness (QED) is 0.175. The third-order valence-electron chi connectivity index (χ3n) is 10.3. The second-order valence-electron chi connectivity index (χ2n) is 13.7. The fourth-order valence-electron chi connectivity index (χ4n) is 7.53. The summed E-state index contributed by atoms with van der Waals surface area (Å²) >= 11 is 0. The van der Waals surface area contributed by atoms with E-state index in [2.05, 4.69) is 170 Å². The monoisotopic (exact) mass is 687 g/mol. The van der Waals surface area contributed by atoms with Crippen LogP contribution in [0, 0.1) is 0 Å². The molecule has 3 heteroatoms. The van der Waals surface area contributed by atoms with Crippen molar-refractivity contribution in [3.63, 3.8) is 0 Å². The number of benzene rings is 9. The topological polar surface area (TPSA) is 38.7 Å². The van der Waals surface area contributed by atoms with E-state index in [0.717, 1.165) is 33.4 Å². The normalized spacial score (nSPS) is 11.3. The van der Waals surface area contributed by atoms with Crippen LogP contribution in [-0.4, -0.2) is 15.0 Å². The first-order chi connectivity index (χ1) is 26.7. The minimum absolute atomic E-state index is 0.638. The summed E-state index contributed by atoms with van der Waals surface area (Å²) in [6.07, 6.45) is 0. The highest BCUT2D eigenvalue weighted by molar-refractivity contribution is 6.00. The minimum atomic E-state index is 0.638. The summed E-state index contributed by atoms with van der Waals surface area (Å²) in [5.74, 6) is 1.92. The highest BCUT2D eigenvalue weighted by Gasteiger charge is 2.14. The van der Waals surface area contributed by atoms with E-state index < -0.39 is 0 Å². The summed E-state index contributed by atoms with van der Waals surface area (Å²) in [5.41, 5.74) is 9.90. The first kappa shape index (κ1) is 31.5. The van der Waals surface area contributed by atoms with Crippen LogP contribution in [0.15, 0.2) is 200 Å². The third kappa shape index (κ3) is 5.88. The summed E-state index contributed by atoms with van der Waals surface area (Å²) in [5, 5.41) is 7.39. The SMILES string of the molecule is c1ccc(-c2nc(-c3ccc(-c4cccc5ccccc45)cc3)nc(-c3cccc(-c4ccc5cc(-c6cccc7ccccc67)ccc5c4)c3)n2)cc1. The molecular weight excluding hydrogens is 655 g/mol. The molecule has 0 fully saturated rings. The van der Waals surface area contributed by atoms with Gasteiger partial charge in [-0.05, 0) is 83.9 Å². The fourth-order valence-corrected chi connectivity index (χ4v) is 7.53. The molecule has 54 heavy (non-hydrogen) atoms. The van der Waals surface area contributed by atoms with Crippen molar-refractivity contribution in [3.8, 4) is 67.5 Å². The zero-order valence-corrected chi connectivity index (χ0v) is 29.4. The van der Waals surface area contributed by atoms with Crippen LogP contribution in [-0.2, 0) is 0 Å². The van der Waals surface area contributed by atoms with Crippen molar-refractivity contribution in [1.82, 2.24) is 15.0 Å². The average Bonchev–Trinajstić information content (AvgIpc) is 3.26. The van der Waals surface area contributed by atoms with Crippen molar-refractivity contribution in [3.05, 3.63) is 200 Å². The van der Waals surface area contributed by atoms with E-state index in [-0.39, 0.29) is 0 Å². The predicted octanol–water partition coefficient (Wildman–Crippen LogP) is 13.3. The predicted molar refractivity (Wildman–Crippen MR) is 225 cm³/mol. The standard InChI is InChI=1S/C51H33N3/c1-2-13-37(14-3-1)49-52-50(38-25-23-36(24-26-38)47-21-9-15-34-11-4-6-19-45(34)47)54-51(53-49)44-18-8-17-39(33-44)40-27-28-42-32-43(30-29-41(42)31-40)48-22-10-16-35-12-5-7-20-46(35)48/h1-33H. The van der Waals surface area contributed by atoms with Crippen LogP contribution in [0.5, 0.6) is 0 Å². The number of nitrogens with zero attached hydrogens (tertiary/aromatic N) is 3. The molecule has 10 aromatic rings. The van der Waals surface area contributed by atoms with Gasteiger partial charge in [-0.2, -0.15) is 0 Å². The number of hydrogen-bond acceptors (Lipinski definition) is 3. The number of aromatic nitrogens is 3. The molecule has 0 amide bonds. The van der Waals surface area contributed by atoms with Gasteiger partial charge in [0.05, 0.1) is 0 Å². The Kier molecular flexibility index (Phi) is 7.81. The highest BCUT2D eigenvalue weighted by Crippen LogP contribution is 2.35. The molecule has 0 bridgehead atoms. The summed E-state index contributed by atoms with van der Waals surface area (Å²) in [6, 6.07) is 70.7. The molecule has 0 aliphatic heterocycles. The lowest BCUT2D eigenvalue weighted by molar-refractivity contribution is 1.07. The molecule has 0 spiro atoms. The van der Waals surface area contributed by atoms with Crippen LogP contribution < -0.4 is 0 Å². The molecule has 0 aliphatic carbocycles. The zero-order chi connectivity index (χ0) is 35.8. The van der Waals surface area contributed by atoms with Crippen LogP contribution in [0.3, 0.4) is 0 Å². The van der Waals surface area contributed by atoms with Gasteiger partial charge in [0.2, 0.25) is 0 Å². The van der Waals surface area contributed by atoms with Gasteiger partial charge in [-0.25, -0.2) is 15.0 Å². The van der Waals surface area contributed by atoms with Gasteiger partial charge in [0.15, 0.2) is 17.5 Å². The lowest BCUT2D eigenvalue weighted by Crippen LogP contribution is -2.00. The Morgan fingerprint density at radius 2 is 0.630 bits per heavy atom. The van der Waals surface area contributed by atoms with E-state index >= 15 is 0 Å². The lowest BCUT2D eigenvalue weighted by Gasteiger charge is -2.11. The number of fused-ring (bicyclic) bond motifs is 3. The van der Waals surface area contributed by atoms with E-state index in [0.29, 0.717) is 17.5 Å². The van der Waals surface area contributed by atoms with Crippen molar-refractivity contribution in [2.75, 3.05) is 0 Å². The van der Waals surface area contributed by atoms with E-state index in [9.17, 15) is 0 Å². The van der Waals surface area contributed by atoms with Gasteiger partial charge < -0.3 is 0 Å². The van der Waals surface area contributed by atoms with Gasteiger partial charge in [-0.1, -0.05) is 182 Å². The largest absolute Gasteiger partial charge is 0.208 e. The second-order valence-corrected chi connectivity index (χ2v) is 13.7. The fraction of sp³-hybridized carbons (Fsp3) is 0. The Morgan fingerprint density at radius 3 is 1.30 bits per heavy atom. The molecule has 0 atom stereocenters. The second kappa shape index (κ2) is 13.4. The number of hydrogen-bond donors (Lipinski definition) is 0. The van der Waals surface area contributed by atoms with Gasteiger partial charge in [-0.3, -0.25) is 0 Å². The first-order valence-electron chi connectivity index (χ1n) is 18.3. The van der Waals surface area contributed by atoms with Crippen molar-refractivity contribution in [1.29, 1.82) is 0 Å². The maximum Gasteiger partial charge on any atom is 0.164 e. The molecule has 0 saturated heterocycles. The van der Waals surface area contributed by atoms with E-state index in [1.807, 2.05) is 30.3 Å². The molecule has 0 unspecified atom stereocenters. The van der Waals surface area contributed by atoms with Crippen molar-refractivity contribution < 1.29 is 0 Å². The molecular formula is C51H33N3. The number of rotatable bonds is 6. The Hall–Kier alpha value is -7.23. The summed E-state index contributed by atoms with van der Waals surface area (Å²) in [7, 11) is 0. The highest BCUT2D eigenvalue weighted by atomic mass is 15.0. The molecule has 1 aromatic heterocycles. The van der Waals surface area contributed by atoms with Crippen molar-refractivity contribution >= 4 is 32.3 Å². The third-order valence-corrected chi connectivity index (χ3v) is 10.3. The van der Waals surface area contributed by atoms with Gasteiger partial charge in [-0.15, -0.1) is 0 Å². The molecule has 0 N–H and O–H groups in total. The zero-order valence-electron chi connectivity index (χ0n) is 29.4. The van der Waals surface area contributed by atoms with Crippen LogP contribution in [0.2, 0.25) is 0 Å². The molecule has 0 saturated carbocycles. The van der Waals surface area contributed by atoms with Crippen LogP contribution in [0.1, 0.15) is 0 Å². The van der Waals surface area contributed by atoms with E-state index in [1.165, 1.54) is 49.0 Å².